The quantitative estimate of drug-likeness (QED) is 0.0661. The molecule has 0 amide bonds. The summed E-state index contributed by atoms with van der Waals surface area (Å²) < 4.78 is 68.1. The van der Waals surface area contributed by atoms with Crippen LogP contribution in [0.4, 0.5) is 0 Å². The molecule has 3 rings (SSSR count). The molecule has 0 radical (unpaired) electrons. The first-order chi connectivity index (χ1) is 25.5. The highest BCUT2D eigenvalue weighted by Gasteiger charge is 2.50. The number of benzene rings is 1. The van der Waals surface area contributed by atoms with Crippen LogP contribution < -0.4 is 11.2 Å². The van der Waals surface area contributed by atoms with Gasteiger partial charge in [0.1, 0.15) is 18.3 Å². The molecule has 2 heterocycles. The summed E-state index contributed by atoms with van der Waals surface area (Å²) in [6, 6.07) is 8.28. The smallest absolute Gasteiger partial charge is 0.387 e. The third-order valence-electron chi connectivity index (χ3n) is 7.64. The summed E-state index contributed by atoms with van der Waals surface area (Å²) in [5.74, 6) is -0.670. The van der Waals surface area contributed by atoms with E-state index in [2.05, 4.69) is 43.3 Å². The Morgan fingerprint density at radius 3 is 1.84 bits per heavy atom. The number of carbonyl (C=O) groups excluding carboxylic acids is 1. The Labute approximate surface area is 316 Å². The fraction of sp³-hybridized carbons (Fsp3) is 0.621. The third-order valence-corrected chi connectivity index (χ3v) is 12.0. The minimum atomic E-state index is -5.90. The van der Waals surface area contributed by atoms with Crippen LogP contribution in [-0.4, -0.2) is 98.8 Å². The number of phosphoric acid groups is 4. The van der Waals surface area contributed by atoms with Crippen molar-refractivity contribution in [2.45, 2.75) is 90.4 Å². The molecule has 1 saturated heterocycles. The van der Waals surface area contributed by atoms with Crippen molar-refractivity contribution in [3.05, 3.63) is 69.0 Å². The zero-order valence-electron chi connectivity index (χ0n) is 30.3. The molecule has 26 heteroatoms. The van der Waals surface area contributed by atoms with Gasteiger partial charge < -0.3 is 44.1 Å². The Bertz CT molecular complexity index is 1810. The predicted octanol–water partition coefficient (Wildman–Crippen LogP) is 2.66. The van der Waals surface area contributed by atoms with E-state index >= 15 is 0 Å². The zero-order chi connectivity index (χ0) is 41.6. The van der Waals surface area contributed by atoms with Crippen molar-refractivity contribution in [3.8, 4) is 0 Å². The Balaban J connectivity index is 0.000000685. The highest BCUT2D eigenvalue weighted by atomic mass is 31.3. The molecule has 2 aromatic rings. The molecule has 0 aliphatic carbocycles. The SMILES string of the molecule is CCCCN(CCCC)CCCC.O=C(Cn1c(=O)ccn([C@@H]2O[C@H](COP(=O)(O)OP(=O)(O)OP(=O)(O)O)[C@@H](O)[C@H]2OP(=O)(O)O)c1=O)c1ccccc1. The molecule has 1 aromatic carbocycles. The average molecular weight is 868 g/mol. The van der Waals surface area contributed by atoms with Crippen molar-refractivity contribution in [2.75, 3.05) is 26.2 Å². The molecule has 1 aromatic heterocycles. The Kier molecular flexibility index (Phi) is 19.8. The summed E-state index contributed by atoms with van der Waals surface area (Å²) in [6.07, 6.45) is 0.684. The van der Waals surface area contributed by atoms with Gasteiger partial charge in [0.2, 0.25) is 0 Å². The normalized spacial score (nSPS) is 21.1. The number of aliphatic hydroxyl groups is 1. The molecule has 6 atom stereocenters. The lowest BCUT2D eigenvalue weighted by Crippen LogP contribution is -2.44. The number of ketones is 1. The molecular formula is C29H49N3O19P4. The van der Waals surface area contributed by atoms with Gasteiger partial charge in [0.15, 0.2) is 12.0 Å². The van der Waals surface area contributed by atoms with E-state index in [4.69, 9.17) is 14.5 Å². The number of phosphoric ester groups is 2. The number of Topliss-reactive ketones (excluding diaryl/α,β-unsaturated/α-hetero) is 1. The van der Waals surface area contributed by atoms with Gasteiger partial charge in [-0.15, -0.1) is 0 Å². The maximum Gasteiger partial charge on any atom is 0.490 e. The van der Waals surface area contributed by atoms with E-state index in [9.17, 15) is 57.3 Å². The van der Waals surface area contributed by atoms with Gasteiger partial charge in [-0.25, -0.2) is 23.1 Å². The molecular weight excluding hydrogens is 818 g/mol. The first-order valence-electron chi connectivity index (χ1n) is 17.0. The van der Waals surface area contributed by atoms with Crippen molar-refractivity contribution in [1.82, 2.24) is 14.0 Å². The van der Waals surface area contributed by atoms with Crippen molar-refractivity contribution >= 4 is 37.1 Å². The summed E-state index contributed by atoms with van der Waals surface area (Å²) >= 11 is 0. The first kappa shape index (κ1) is 49.1. The van der Waals surface area contributed by atoms with Crippen LogP contribution in [0.1, 0.15) is 75.9 Å². The average Bonchev–Trinajstić information content (AvgIpc) is 3.37. The highest BCUT2D eigenvalue weighted by molar-refractivity contribution is 7.66. The second-order valence-corrected chi connectivity index (χ2v) is 17.7. The number of rotatable bonds is 22. The van der Waals surface area contributed by atoms with Crippen molar-refractivity contribution < 1.29 is 79.9 Å². The molecule has 1 aliphatic heterocycles. The Morgan fingerprint density at radius 1 is 0.800 bits per heavy atom. The Hall–Kier alpha value is -2.03. The number of hydrogen-bond acceptors (Lipinski definition) is 14. The minimum absolute atomic E-state index is 0.140. The molecule has 55 heavy (non-hydrogen) atoms. The summed E-state index contributed by atoms with van der Waals surface area (Å²) in [5.41, 5.74) is -2.09. The number of hydrogen-bond donors (Lipinski definition) is 7. The molecule has 0 bridgehead atoms. The first-order valence-corrected chi connectivity index (χ1v) is 23.1. The second-order valence-electron chi connectivity index (χ2n) is 12.1. The summed E-state index contributed by atoms with van der Waals surface area (Å²) in [5, 5.41) is 10.6. The van der Waals surface area contributed by atoms with Crippen molar-refractivity contribution in [2.24, 2.45) is 0 Å². The highest BCUT2D eigenvalue weighted by Crippen LogP contribution is 2.66. The molecule has 314 valence electrons. The van der Waals surface area contributed by atoms with Gasteiger partial charge in [0, 0.05) is 17.8 Å². The predicted molar refractivity (Wildman–Crippen MR) is 194 cm³/mol. The lowest BCUT2D eigenvalue weighted by molar-refractivity contribution is -0.0540. The molecule has 1 fully saturated rings. The number of nitrogens with zero attached hydrogens (tertiary/aromatic N) is 3. The summed E-state index contributed by atoms with van der Waals surface area (Å²) in [7, 11) is -22.8. The van der Waals surface area contributed by atoms with Crippen LogP contribution in [0.2, 0.25) is 0 Å². The van der Waals surface area contributed by atoms with Crippen LogP contribution in [0.15, 0.2) is 52.2 Å². The van der Waals surface area contributed by atoms with Gasteiger partial charge in [-0.1, -0.05) is 70.4 Å². The topological polar surface area (TPSA) is 320 Å². The van der Waals surface area contributed by atoms with Crippen LogP contribution >= 0.6 is 31.3 Å². The van der Waals surface area contributed by atoms with E-state index < -0.39 is 86.0 Å². The van der Waals surface area contributed by atoms with Gasteiger partial charge >= 0.3 is 37.0 Å². The van der Waals surface area contributed by atoms with E-state index in [0.29, 0.717) is 9.13 Å². The number of ether oxygens (including phenoxy) is 1. The number of unbranched alkanes of at least 4 members (excludes halogenated alkanes) is 3. The Morgan fingerprint density at radius 2 is 1.35 bits per heavy atom. The van der Waals surface area contributed by atoms with Crippen LogP contribution in [-0.2, 0) is 47.2 Å². The number of carbonyl (C=O) groups is 1. The van der Waals surface area contributed by atoms with E-state index in [0.717, 1.165) is 12.3 Å². The molecule has 1 aliphatic rings. The summed E-state index contributed by atoms with van der Waals surface area (Å²) in [4.78, 5) is 95.4. The number of aliphatic hydroxyl groups excluding tert-OH is 1. The van der Waals surface area contributed by atoms with Gasteiger partial charge in [-0.2, -0.15) is 8.62 Å². The van der Waals surface area contributed by atoms with Crippen LogP contribution in [0, 0.1) is 0 Å². The monoisotopic (exact) mass is 867 g/mol. The van der Waals surface area contributed by atoms with Gasteiger partial charge in [-0.3, -0.25) is 27.8 Å². The largest absolute Gasteiger partial charge is 0.490 e. The lowest BCUT2D eigenvalue weighted by Gasteiger charge is -2.23. The molecule has 0 spiro atoms. The maximum atomic E-state index is 13.1. The molecule has 2 unspecified atom stereocenters. The van der Waals surface area contributed by atoms with E-state index in [1.807, 2.05) is 0 Å². The van der Waals surface area contributed by atoms with E-state index in [1.54, 1.807) is 6.07 Å². The van der Waals surface area contributed by atoms with E-state index in [-0.39, 0.29) is 5.56 Å². The molecule has 22 nitrogen and oxygen atoms in total. The van der Waals surface area contributed by atoms with E-state index in [1.165, 1.54) is 82.4 Å². The standard InChI is InChI=1S/C17H22N2O19P4.C12H27N/c20-11(10-4-2-1-3-5-10)8-19-13(21)6-7-18(17(19)23)16-15(36-39(24,25)26)14(22)12(35-16)9-34-41(30,31)38-42(32,33)37-40(27,28)29;1-4-7-10-13(11-8-5-2)12-9-6-3/h1-7,12,14-16,22H,8-9H2,(H,30,31)(H,32,33)(H2,24,25,26)(H2,27,28,29);4-12H2,1-3H3/t12-,14-,15-,16-;/m1./s1. The van der Waals surface area contributed by atoms with Crippen LogP contribution in [0.3, 0.4) is 0 Å². The fourth-order valence-electron chi connectivity index (χ4n) is 5.03. The maximum absolute atomic E-state index is 13.1. The van der Waals surface area contributed by atoms with Crippen molar-refractivity contribution in [1.29, 1.82) is 0 Å². The second kappa shape index (κ2) is 22.2. The van der Waals surface area contributed by atoms with Gasteiger partial charge in [-0.05, 0) is 38.9 Å². The minimum Gasteiger partial charge on any atom is -0.387 e. The molecule has 0 saturated carbocycles. The van der Waals surface area contributed by atoms with Crippen LogP contribution in [0.25, 0.3) is 0 Å². The number of aromatic nitrogens is 2. The third kappa shape index (κ3) is 17.6. The van der Waals surface area contributed by atoms with Crippen LogP contribution in [0.5, 0.6) is 0 Å². The van der Waals surface area contributed by atoms with Crippen molar-refractivity contribution in [3.63, 3.8) is 0 Å². The lowest BCUT2D eigenvalue weighted by atomic mass is 10.1. The zero-order valence-corrected chi connectivity index (χ0v) is 33.9. The van der Waals surface area contributed by atoms with Gasteiger partial charge in [0.05, 0.1) is 13.2 Å². The summed E-state index contributed by atoms with van der Waals surface area (Å²) in [6.45, 7) is 8.71. The fourth-order valence-corrected chi connectivity index (χ4v) is 8.61. The molecule has 7 N–H and O–H groups in total. The van der Waals surface area contributed by atoms with Gasteiger partial charge in [0.25, 0.3) is 5.56 Å².